The number of amides is 2. The Labute approximate surface area is 218 Å². The van der Waals surface area contributed by atoms with E-state index < -0.39 is 0 Å². The number of nitrogens with two attached hydrogens (primary N) is 1. The van der Waals surface area contributed by atoms with Gasteiger partial charge in [0.15, 0.2) is 0 Å². The van der Waals surface area contributed by atoms with E-state index in [-0.39, 0.29) is 23.5 Å². The fourth-order valence-electron chi connectivity index (χ4n) is 4.51. The summed E-state index contributed by atoms with van der Waals surface area (Å²) in [5, 5.41) is 13.0. The fraction of sp³-hybridized carbons (Fsp3) is 0.188. The van der Waals surface area contributed by atoms with Crippen LogP contribution in [-0.2, 0) is 9.59 Å². The third-order valence-electron chi connectivity index (χ3n) is 6.51. The van der Waals surface area contributed by atoms with Crippen LogP contribution in [0.25, 0.3) is 22.3 Å². The molecule has 5 heteroatoms. The van der Waals surface area contributed by atoms with Crippen molar-refractivity contribution in [2.75, 3.05) is 5.32 Å². The highest BCUT2D eigenvalue weighted by molar-refractivity contribution is 5.93. The van der Waals surface area contributed by atoms with Crippen LogP contribution in [0.4, 0.5) is 5.69 Å². The summed E-state index contributed by atoms with van der Waals surface area (Å²) in [4.78, 5) is 24.7. The number of aromatic hydroxyl groups is 1. The van der Waals surface area contributed by atoms with Gasteiger partial charge in [-0.3, -0.25) is 9.59 Å². The monoisotopic (exact) mass is 492 g/mol. The summed E-state index contributed by atoms with van der Waals surface area (Å²) >= 11 is 0. The van der Waals surface area contributed by atoms with Crippen molar-refractivity contribution in [1.82, 2.24) is 0 Å². The van der Waals surface area contributed by atoms with Gasteiger partial charge < -0.3 is 16.2 Å². The van der Waals surface area contributed by atoms with Crippen LogP contribution in [0.15, 0.2) is 103 Å². The van der Waals surface area contributed by atoms with E-state index in [0.29, 0.717) is 24.9 Å². The number of carbonyl (C=O) groups is 2. The summed E-state index contributed by atoms with van der Waals surface area (Å²) in [6.45, 7) is 0. The summed E-state index contributed by atoms with van der Waals surface area (Å²) in [5.41, 5.74) is 11.1. The molecule has 4 rings (SSSR count). The van der Waals surface area contributed by atoms with E-state index in [1.165, 1.54) is 0 Å². The van der Waals surface area contributed by atoms with E-state index in [2.05, 4.69) is 5.32 Å². The molecule has 0 aliphatic heterocycles. The molecule has 0 aromatic heterocycles. The van der Waals surface area contributed by atoms with Crippen molar-refractivity contribution in [2.24, 2.45) is 5.73 Å². The molecule has 1 atom stereocenters. The highest BCUT2D eigenvalue weighted by Gasteiger charge is 2.18. The second-order valence-electron chi connectivity index (χ2n) is 9.19. The predicted octanol–water partition coefficient (Wildman–Crippen LogP) is 6.88. The maximum absolute atomic E-state index is 12.5. The van der Waals surface area contributed by atoms with Gasteiger partial charge >= 0.3 is 0 Å². The molecule has 0 aliphatic carbocycles. The van der Waals surface area contributed by atoms with Gasteiger partial charge in [0.05, 0.1) is 11.6 Å². The van der Waals surface area contributed by atoms with Crippen molar-refractivity contribution in [3.63, 3.8) is 0 Å². The number of benzene rings is 4. The number of rotatable bonds is 11. The predicted molar refractivity (Wildman–Crippen MR) is 149 cm³/mol. The lowest BCUT2D eigenvalue weighted by Gasteiger charge is -2.15. The number of phenolic OH excluding ortho intramolecular Hbond substituents is 1. The van der Waals surface area contributed by atoms with Crippen LogP contribution in [0.3, 0.4) is 0 Å². The Kier molecular flexibility index (Phi) is 8.71. The van der Waals surface area contributed by atoms with Gasteiger partial charge in [0.25, 0.3) is 0 Å². The number of nitrogens with one attached hydrogen (secondary N) is 1. The van der Waals surface area contributed by atoms with E-state index in [9.17, 15) is 14.7 Å². The molecule has 0 aliphatic rings. The van der Waals surface area contributed by atoms with Crippen LogP contribution in [0.2, 0.25) is 0 Å². The van der Waals surface area contributed by atoms with Crippen molar-refractivity contribution >= 4 is 17.5 Å². The van der Waals surface area contributed by atoms with Crippen LogP contribution < -0.4 is 11.1 Å². The van der Waals surface area contributed by atoms with Gasteiger partial charge in [-0.1, -0.05) is 104 Å². The molecule has 0 fully saturated rings. The van der Waals surface area contributed by atoms with Gasteiger partial charge in [0.1, 0.15) is 5.75 Å². The van der Waals surface area contributed by atoms with Crippen molar-refractivity contribution in [1.29, 1.82) is 0 Å². The first-order chi connectivity index (χ1) is 18.0. The summed E-state index contributed by atoms with van der Waals surface area (Å²) in [6.07, 6.45) is 3.23. The molecule has 4 aromatic rings. The quantitative estimate of drug-likeness (QED) is 0.157. The Morgan fingerprint density at radius 3 is 1.97 bits per heavy atom. The minimum absolute atomic E-state index is 0.0371. The molecule has 4 aromatic carbocycles. The zero-order valence-corrected chi connectivity index (χ0v) is 20.8. The lowest BCUT2D eigenvalue weighted by molar-refractivity contribution is -0.119. The fourth-order valence-corrected chi connectivity index (χ4v) is 4.51. The zero-order valence-electron chi connectivity index (χ0n) is 20.8. The van der Waals surface area contributed by atoms with E-state index in [1.54, 1.807) is 12.1 Å². The lowest BCUT2D eigenvalue weighted by Crippen LogP contribution is -2.21. The molecular weight excluding hydrogens is 460 g/mol. The third-order valence-corrected chi connectivity index (χ3v) is 6.51. The Morgan fingerprint density at radius 1 is 0.703 bits per heavy atom. The summed E-state index contributed by atoms with van der Waals surface area (Å²) < 4.78 is 0. The number of phenols is 1. The molecule has 0 saturated carbocycles. The number of unbranched alkanes of at least 4 members (excludes halogenated alkanes) is 2. The molecule has 0 radical (unpaired) electrons. The molecule has 0 spiro atoms. The SMILES string of the molecule is NC(=O)C(CCCCCC(=O)Nc1cc(-c2ccccc2)ccc1O)c1cccc(-c2ccccc2)c1. The minimum atomic E-state index is -0.366. The molecule has 37 heavy (non-hydrogen) atoms. The molecular formula is C32H32N2O3. The van der Waals surface area contributed by atoms with E-state index >= 15 is 0 Å². The van der Waals surface area contributed by atoms with Crippen LogP contribution in [0.5, 0.6) is 5.75 Å². The van der Waals surface area contributed by atoms with Gasteiger partial charge in [-0.15, -0.1) is 0 Å². The highest BCUT2D eigenvalue weighted by atomic mass is 16.3. The smallest absolute Gasteiger partial charge is 0.224 e. The van der Waals surface area contributed by atoms with Gasteiger partial charge in [0.2, 0.25) is 11.8 Å². The molecule has 2 amide bonds. The maximum Gasteiger partial charge on any atom is 0.224 e. The molecule has 4 N–H and O–H groups in total. The van der Waals surface area contributed by atoms with Crippen LogP contribution in [0.1, 0.15) is 43.6 Å². The van der Waals surface area contributed by atoms with Crippen LogP contribution in [-0.4, -0.2) is 16.9 Å². The maximum atomic E-state index is 12.5. The average Bonchev–Trinajstić information content (AvgIpc) is 2.93. The van der Waals surface area contributed by atoms with Crippen molar-refractivity contribution in [2.45, 2.75) is 38.0 Å². The number of primary amides is 1. The third kappa shape index (κ3) is 7.07. The van der Waals surface area contributed by atoms with E-state index in [0.717, 1.165) is 40.7 Å². The Balaban J connectivity index is 1.28. The molecule has 0 heterocycles. The largest absolute Gasteiger partial charge is 0.506 e. The number of hydrogen-bond acceptors (Lipinski definition) is 3. The first-order valence-electron chi connectivity index (χ1n) is 12.6. The Bertz CT molecular complexity index is 1340. The first kappa shape index (κ1) is 25.7. The first-order valence-corrected chi connectivity index (χ1v) is 12.6. The van der Waals surface area contributed by atoms with Crippen LogP contribution >= 0.6 is 0 Å². The van der Waals surface area contributed by atoms with Gasteiger partial charge in [0, 0.05) is 6.42 Å². The average molecular weight is 493 g/mol. The summed E-state index contributed by atoms with van der Waals surface area (Å²) in [7, 11) is 0. The minimum Gasteiger partial charge on any atom is -0.506 e. The number of anilines is 1. The van der Waals surface area contributed by atoms with Crippen molar-refractivity contribution in [3.05, 3.63) is 109 Å². The van der Waals surface area contributed by atoms with Crippen molar-refractivity contribution < 1.29 is 14.7 Å². The molecule has 1 unspecified atom stereocenters. The van der Waals surface area contributed by atoms with E-state index in [1.807, 2.05) is 91.0 Å². The second-order valence-corrected chi connectivity index (χ2v) is 9.19. The second kappa shape index (κ2) is 12.5. The van der Waals surface area contributed by atoms with Crippen molar-refractivity contribution in [3.8, 4) is 28.0 Å². The molecule has 188 valence electrons. The normalized spacial score (nSPS) is 11.6. The molecule has 5 nitrogen and oxygen atoms in total. The zero-order chi connectivity index (χ0) is 26.0. The number of hydrogen-bond donors (Lipinski definition) is 3. The molecule has 0 saturated heterocycles. The Morgan fingerprint density at radius 2 is 1.32 bits per heavy atom. The number of carbonyl (C=O) groups excluding carboxylic acids is 2. The van der Waals surface area contributed by atoms with Gasteiger partial charge in [-0.2, -0.15) is 0 Å². The summed E-state index contributed by atoms with van der Waals surface area (Å²) in [5.74, 6) is -0.815. The highest BCUT2D eigenvalue weighted by Crippen LogP contribution is 2.30. The van der Waals surface area contributed by atoms with Gasteiger partial charge in [-0.05, 0) is 52.8 Å². The van der Waals surface area contributed by atoms with Crippen LogP contribution in [0, 0.1) is 0 Å². The lowest BCUT2D eigenvalue weighted by atomic mass is 9.90. The van der Waals surface area contributed by atoms with E-state index in [4.69, 9.17) is 5.73 Å². The molecule has 0 bridgehead atoms. The topological polar surface area (TPSA) is 92.4 Å². The van der Waals surface area contributed by atoms with Gasteiger partial charge in [-0.25, -0.2) is 0 Å². The standard InChI is InChI=1S/C32H32N2O3/c33-32(37)28(27-16-10-15-25(21-27)23-11-4-1-5-12-23)17-8-3-9-18-31(36)34-29-22-26(19-20-30(29)35)24-13-6-2-7-14-24/h1-2,4-7,10-16,19-22,28,35H,3,8-9,17-18H2,(H2,33,37)(H,34,36). The Hall–Kier alpha value is -4.38. The summed E-state index contributed by atoms with van der Waals surface area (Å²) in [6, 6.07) is 33.0.